The lowest BCUT2D eigenvalue weighted by Gasteiger charge is -2.34. The number of nitrogens with one attached hydrogen (secondary N) is 1. The number of carbonyl (C=O) groups excluding carboxylic acids is 1. The van der Waals surface area contributed by atoms with Gasteiger partial charge in [-0.05, 0) is 23.4 Å². The second-order valence-electron chi connectivity index (χ2n) is 6.53. The van der Waals surface area contributed by atoms with E-state index in [-0.39, 0.29) is 5.91 Å². The highest BCUT2D eigenvalue weighted by atomic mass is 32.1. The molecular weight excluding hydrogens is 330 g/mol. The number of hydrogen-bond donors (Lipinski definition) is 1. The Balaban J connectivity index is 1.27. The summed E-state index contributed by atoms with van der Waals surface area (Å²) in [7, 11) is 0. The van der Waals surface area contributed by atoms with Crippen LogP contribution in [0.2, 0.25) is 0 Å². The summed E-state index contributed by atoms with van der Waals surface area (Å²) < 4.78 is 0. The Morgan fingerprint density at radius 1 is 1.00 bits per heavy atom. The van der Waals surface area contributed by atoms with Crippen molar-refractivity contribution in [2.75, 3.05) is 39.3 Å². The Bertz CT molecular complexity index is 622. The molecule has 25 heavy (non-hydrogen) atoms. The van der Waals surface area contributed by atoms with Gasteiger partial charge in [-0.2, -0.15) is 0 Å². The van der Waals surface area contributed by atoms with Gasteiger partial charge in [-0.15, -0.1) is 11.3 Å². The highest BCUT2D eigenvalue weighted by molar-refractivity contribution is 7.09. The van der Waals surface area contributed by atoms with Gasteiger partial charge in [0, 0.05) is 57.1 Å². The van der Waals surface area contributed by atoms with Crippen molar-refractivity contribution in [3.8, 4) is 0 Å². The topological polar surface area (TPSA) is 35.6 Å². The summed E-state index contributed by atoms with van der Waals surface area (Å²) in [5.74, 6) is 0.163. The summed E-state index contributed by atoms with van der Waals surface area (Å²) in [6.45, 7) is 7.10. The van der Waals surface area contributed by atoms with Crippen LogP contribution in [0, 0.1) is 0 Å². The van der Waals surface area contributed by atoms with Gasteiger partial charge in [-0.1, -0.05) is 36.4 Å². The molecule has 0 radical (unpaired) electrons. The van der Waals surface area contributed by atoms with Crippen molar-refractivity contribution in [2.45, 2.75) is 19.4 Å². The summed E-state index contributed by atoms with van der Waals surface area (Å²) >= 11 is 1.72. The summed E-state index contributed by atoms with van der Waals surface area (Å²) in [5.41, 5.74) is 1.38. The third kappa shape index (κ3) is 6.27. The Hall–Kier alpha value is -1.69. The fourth-order valence-corrected chi connectivity index (χ4v) is 3.85. The van der Waals surface area contributed by atoms with Crippen LogP contribution < -0.4 is 5.32 Å². The van der Waals surface area contributed by atoms with Gasteiger partial charge >= 0.3 is 0 Å². The number of rotatable bonds is 8. The number of hydrogen-bond acceptors (Lipinski definition) is 4. The monoisotopic (exact) mass is 357 g/mol. The van der Waals surface area contributed by atoms with Crippen LogP contribution in [0.4, 0.5) is 0 Å². The number of aryl methyl sites for hydroxylation is 1. The van der Waals surface area contributed by atoms with Crippen LogP contribution in [0.15, 0.2) is 47.8 Å². The predicted octanol–water partition coefficient (Wildman–Crippen LogP) is 2.61. The van der Waals surface area contributed by atoms with Gasteiger partial charge < -0.3 is 5.32 Å². The largest absolute Gasteiger partial charge is 0.355 e. The van der Waals surface area contributed by atoms with Crippen molar-refractivity contribution in [1.82, 2.24) is 15.1 Å². The van der Waals surface area contributed by atoms with Crippen LogP contribution in [0.25, 0.3) is 0 Å². The molecule has 1 aromatic heterocycles. The number of amides is 1. The number of benzene rings is 1. The SMILES string of the molecule is O=C(CCc1cccs1)NCCN1CCN(Cc2ccccc2)CC1. The lowest BCUT2D eigenvalue weighted by molar-refractivity contribution is -0.121. The van der Waals surface area contributed by atoms with E-state index in [0.29, 0.717) is 6.42 Å². The van der Waals surface area contributed by atoms with Crippen molar-refractivity contribution in [2.24, 2.45) is 0 Å². The Labute approximate surface area is 154 Å². The van der Waals surface area contributed by atoms with Crippen LogP contribution in [-0.2, 0) is 17.8 Å². The van der Waals surface area contributed by atoms with Gasteiger partial charge in [0.15, 0.2) is 0 Å². The molecule has 1 aromatic carbocycles. The third-order valence-corrected chi connectivity index (χ3v) is 5.58. The molecule has 1 fully saturated rings. The second-order valence-corrected chi connectivity index (χ2v) is 7.56. The minimum atomic E-state index is 0.163. The molecule has 3 rings (SSSR count). The maximum Gasteiger partial charge on any atom is 0.220 e. The number of thiophene rings is 1. The molecule has 5 heteroatoms. The molecule has 134 valence electrons. The third-order valence-electron chi connectivity index (χ3n) is 4.64. The quantitative estimate of drug-likeness (QED) is 0.789. The maximum atomic E-state index is 11.9. The Morgan fingerprint density at radius 2 is 1.76 bits per heavy atom. The van der Waals surface area contributed by atoms with E-state index < -0.39 is 0 Å². The molecule has 1 amide bonds. The normalized spacial score (nSPS) is 16.0. The van der Waals surface area contributed by atoms with Gasteiger partial charge in [0.1, 0.15) is 0 Å². The molecule has 0 bridgehead atoms. The van der Waals surface area contributed by atoms with Crippen LogP contribution in [-0.4, -0.2) is 55.0 Å². The molecule has 0 saturated carbocycles. The van der Waals surface area contributed by atoms with E-state index in [2.05, 4.69) is 56.9 Å². The molecule has 0 unspecified atom stereocenters. The first-order valence-corrected chi connectivity index (χ1v) is 9.95. The minimum Gasteiger partial charge on any atom is -0.355 e. The van der Waals surface area contributed by atoms with E-state index in [9.17, 15) is 4.79 Å². The first-order valence-electron chi connectivity index (χ1n) is 9.07. The van der Waals surface area contributed by atoms with E-state index in [1.54, 1.807) is 11.3 Å². The highest BCUT2D eigenvalue weighted by Crippen LogP contribution is 2.11. The summed E-state index contributed by atoms with van der Waals surface area (Å²) in [6.07, 6.45) is 1.44. The molecule has 0 aliphatic carbocycles. The van der Waals surface area contributed by atoms with E-state index in [1.165, 1.54) is 10.4 Å². The molecular formula is C20H27N3OS. The zero-order valence-electron chi connectivity index (χ0n) is 14.7. The van der Waals surface area contributed by atoms with Crippen molar-refractivity contribution < 1.29 is 4.79 Å². The lowest BCUT2D eigenvalue weighted by Crippen LogP contribution is -2.48. The average Bonchev–Trinajstić information content (AvgIpc) is 3.16. The summed E-state index contributed by atoms with van der Waals surface area (Å²) in [4.78, 5) is 18.1. The van der Waals surface area contributed by atoms with Crippen molar-refractivity contribution in [1.29, 1.82) is 0 Å². The van der Waals surface area contributed by atoms with E-state index >= 15 is 0 Å². The molecule has 4 nitrogen and oxygen atoms in total. The molecule has 1 aliphatic heterocycles. The van der Waals surface area contributed by atoms with Gasteiger partial charge in [0.2, 0.25) is 5.91 Å². The minimum absolute atomic E-state index is 0.163. The molecule has 1 saturated heterocycles. The van der Waals surface area contributed by atoms with Crippen LogP contribution in [0.3, 0.4) is 0 Å². The molecule has 0 spiro atoms. The number of piperazine rings is 1. The fraction of sp³-hybridized carbons (Fsp3) is 0.450. The molecule has 1 aliphatic rings. The van der Waals surface area contributed by atoms with E-state index in [1.807, 2.05) is 6.07 Å². The van der Waals surface area contributed by atoms with Crippen molar-refractivity contribution >= 4 is 17.2 Å². The molecule has 2 heterocycles. The maximum absolute atomic E-state index is 11.9. The van der Waals surface area contributed by atoms with E-state index in [0.717, 1.165) is 52.2 Å². The summed E-state index contributed by atoms with van der Waals surface area (Å²) in [6, 6.07) is 14.8. The van der Waals surface area contributed by atoms with Crippen LogP contribution >= 0.6 is 11.3 Å². The zero-order chi connectivity index (χ0) is 17.3. The molecule has 1 N–H and O–H groups in total. The standard InChI is InChI=1S/C20H27N3OS/c24-20(9-8-19-7-4-16-25-19)21-10-11-22-12-14-23(15-13-22)17-18-5-2-1-3-6-18/h1-7,16H,8-15,17H2,(H,21,24). The Kier molecular flexibility index (Phi) is 7.03. The van der Waals surface area contributed by atoms with E-state index in [4.69, 9.17) is 0 Å². The van der Waals surface area contributed by atoms with Gasteiger partial charge in [0.25, 0.3) is 0 Å². The van der Waals surface area contributed by atoms with Crippen LogP contribution in [0.1, 0.15) is 16.9 Å². The first-order chi connectivity index (χ1) is 12.3. The van der Waals surface area contributed by atoms with Gasteiger partial charge in [0.05, 0.1) is 0 Å². The van der Waals surface area contributed by atoms with Crippen LogP contribution in [0.5, 0.6) is 0 Å². The smallest absolute Gasteiger partial charge is 0.220 e. The van der Waals surface area contributed by atoms with Crippen molar-refractivity contribution in [3.05, 3.63) is 58.3 Å². The van der Waals surface area contributed by atoms with Crippen molar-refractivity contribution in [3.63, 3.8) is 0 Å². The molecule has 0 atom stereocenters. The zero-order valence-corrected chi connectivity index (χ0v) is 15.5. The summed E-state index contributed by atoms with van der Waals surface area (Å²) in [5, 5.41) is 5.11. The average molecular weight is 358 g/mol. The predicted molar refractivity (Wildman–Crippen MR) is 104 cm³/mol. The second kappa shape index (κ2) is 9.70. The van der Waals surface area contributed by atoms with Gasteiger partial charge in [-0.3, -0.25) is 14.6 Å². The molecule has 2 aromatic rings. The lowest BCUT2D eigenvalue weighted by atomic mass is 10.2. The Morgan fingerprint density at radius 3 is 2.48 bits per heavy atom. The number of nitrogens with zero attached hydrogens (tertiary/aromatic N) is 2. The first kappa shape index (κ1) is 18.1. The van der Waals surface area contributed by atoms with Gasteiger partial charge in [-0.25, -0.2) is 0 Å². The highest BCUT2D eigenvalue weighted by Gasteiger charge is 2.16. The fourth-order valence-electron chi connectivity index (χ4n) is 3.15. The number of carbonyl (C=O) groups is 1.